The van der Waals surface area contributed by atoms with Crippen LogP contribution in [0.25, 0.3) is 12.2 Å². The minimum absolute atomic E-state index is 0.00689. The third-order valence-corrected chi connectivity index (χ3v) is 9.36. The summed E-state index contributed by atoms with van der Waals surface area (Å²) in [5, 5.41) is 36.8. The van der Waals surface area contributed by atoms with Gasteiger partial charge in [-0.3, -0.25) is 9.11 Å². The Labute approximate surface area is 332 Å². The van der Waals surface area contributed by atoms with Gasteiger partial charge < -0.3 is 42.1 Å². The molecule has 0 aliphatic rings. The number of aliphatic hydroxyl groups is 2. The first-order valence-electron chi connectivity index (χ1n) is 17.1. The van der Waals surface area contributed by atoms with Gasteiger partial charge in [-0.05, 0) is 73.5 Å². The lowest BCUT2D eigenvalue weighted by atomic mass is 10.1. The Balaban J connectivity index is 1.28. The molecule has 6 aromatic rings. The van der Waals surface area contributed by atoms with Crippen molar-refractivity contribution >= 4 is 90.8 Å². The van der Waals surface area contributed by atoms with Gasteiger partial charge in [0.05, 0.1) is 0 Å². The van der Waals surface area contributed by atoms with Gasteiger partial charge in [-0.15, -0.1) is 0 Å². The Morgan fingerprint density at radius 1 is 0.466 bits per heavy atom. The lowest BCUT2D eigenvalue weighted by Crippen LogP contribution is -2.17. The highest BCUT2D eigenvalue weighted by Crippen LogP contribution is 2.29. The molecule has 10 N–H and O–H groups in total. The van der Waals surface area contributed by atoms with E-state index in [1.54, 1.807) is 48.5 Å². The fourth-order valence-electron chi connectivity index (χ4n) is 5.16. The van der Waals surface area contributed by atoms with Crippen LogP contribution in [0.2, 0.25) is 0 Å². The number of nitrogens with zero attached hydrogens (tertiary/aromatic N) is 6. The van der Waals surface area contributed by atoms with Gasteiger partial charge in [0, 0.05) is 22.7 Å². The summed E-state index contributed by atoms with van der Waals surface area (Å²) >= 11 is 0. The first-order chi connectivity index (χ1) is 27.6. The fourth-order valence-corrected chi connectivity index (χ4v) is 6.58. The fraction of sp³-hybridized carbons (Fsp3) is 0.111. The molecule has 0 aliphatic carbocycles. The summed E-state index contributed by atoms with van der Waals surface area (Å²) in [4.78, 5) is 24.4. The van der Waals surface area contributed by atoms with E-state index < -0.39 is 42.5 Å². The highest BCUT2D eigenvalue weighted by Gasteiger charge is 2.19. The van der Waals surface area contributed by atoms with E-state index in [9.17, 15) is 36.2 Å². The van der Waals surface area contributed by atoms with Gasteiger partial charge in [0.25, 0.3) is 20.2 Å². The molecule has 0 spiro atoms. The van der Waals surface area contributed by atoms with E-state index in [4.69, 9.17) is 0 Å². The van der Waals surface area contributed by atoms with Gasteiger partial charge in [-0.2, -0.15) is 46.7 Å². The first kappa shape index (κ1) is 40.8. The standard InChI is InChI=1S/C36H36N12O8S2/c1-21(49)37-31-43-33(39-25-9-5-3-6-10-25)47-35(45-31)41-27-17-15-23(29(19-27)57(51,52)53)13-14-24-16-18-28(20-30(24)58(54,55)56)42-36-46-32(38-22(2)50)44-34(48-36)40-26-11-7-4-8-12-26/h3-22,49-50H,1-2H3,(H,51,52,53)(H,54,55,56)(H3,37,39,41,43,45,47)(H3,38,40,42,44,46,48). The lowest BCUT2D eigenvalue weighted by molar-refractivity contribution is 0.223. The zero-order valence-electron chi connectivity index (χ0n) is 30.5. The van der Waals surface area contributed by atoms with E-state index >= 15 is 0 Å². The second kappa shape index (κ2) is 17.5. The highest BCUT2D eigenvalue weighted by molar-refractivity contribution is 7.86. The van der Waals surface area contributed by atoms with Crippen molar-refractivity contribution in [2.24, 2.45) is 0 Å². The third kappa shape index (κ3) is 11.4. The Bertz CT molecular complexity index is 2470. The molecule has 22 heteroatoms. The minimum atomic E-state index is -4.86. The van der Waals surface area contributed by atoms with E-state index in [0.29, 0.717) is 11.4 Å². The maximum atomic E-state index is 12.6. The quantitative estimate of drug-likeness (QED) is 0.0341. The molecule has 6 rings (SSSR count). The summed E-state index contributed by atoms with van der Waals surface area (Å²) in [7, 11) is -9.73. The molecule has 0 bridgehead atoms. The summed E-state index contributed by atoms with van der Waals surface area (Å²) in [6, 6.07) is 25.8. The number of anilines is 10. The first-order valence-corrected chi connectivity index (χ1v) is 20.0. The van der Waals surface area contributed by atoms with Crippen LogP contribution in [0, 0.1) is 0 Å². The molecule has 0 fully saturated rings. The van der Waals surface area contributed by atoms with Crippen LogP contribution in [0.1, 0.15) is 25.0 Å². The van der Waals surface area contributed by atoms with Gasteiger partial charge in [0.2, 0.25) is 35.7 Å². The molecule has 0 amide bonds. The van der Waals surface area contributed by atoms with Crippen LogP contribution < -0.4 is 31.9 Å². The molecule has 300 valence electrons. The topological polar surface area (TPSA) is 299 Å². The second-order valence-corrected chi connectivity index (χ2v) is 15.1. The smallest absolute Gasteiger partial charge is 0.295 e. The van der Waals surface area contributed by atoms with Crippen LogP contribution in [0.3, 0.4) is 0 Å². The molecule has 2 atom stereocenters. The van der Waals surface area contributed by atoms with E-state index in [1.807, 2.05) is 12.1 Å². The van der Waals surface area contributed by atoms with Crippen molar-refractivity contribution in [3.8, 4) is 0 Å². The summed E-state index contributed by atoms with van der Waals surface area (Å²) in [6.45, 7) is 2.92. The number of hydrogen-bond donors (Lipinski definition) is 10. The number of rotatable bonds is 16. The van der Waals surface area contributed by atoms with Crippen molar-refractivity contribution < 1.29 is 36.2 Å². The number of aliphatic hydroxyl groups excluding tert-OH is 2. The van der Waals surface area contributed by atoms with Crippen LogP contribution >= 0.6 is 0 Å². The van der Waals surface area contributed by atoms with E-state index in [2.05, 4.69) is 61.8 Å². The molecule has 58 heavy (non-hydrogen) atoms. The number of nitrogens with one attached hydrogen (secondary N) is 6. The Kier molecular flexibility index (Phi) is 12.3. The molecule has 4 aromatic carbocycles. The molecule has 20 nitrogen and oxygen atoms in total. The molecule has 0 saturated heterocycles. The number of aromatic nitrogens is 6. The van der Waals surface area contributed by atoms with Gasteiger partial charge in [0.1, 0.15) is 22.2 Å². The summed E-state index contributed by atoms with van der Waals surface area (Å²) in [5.74, 6) is 0.0648. The van der Waals surface area contributed by atoms with Crippen molar-refractivity contribution in [2.75, 3.05) is 31.9 Å². The molecule has 0 radical (unpaired) electrons. The predicted molar refractivity (Wildman–Crippen MR) is 218 cm³/mol. The average molecular weight is 829 g/mol. The van der Waals surface area contributed by atoms with Gasteiger partial charge in [0.15, 0.2) is 0 Å². The Morgan fingerprint density at radius 3 is 1.09 bits per heavy atom. The molecule has 2 unspecified atom stereocenters. The average Bonchev–Trinajstić information content (AvgIpc) is 3.14. The number of benzene rings is 4. The Morgan fingerprint density at radius 2 is 0.776 bits per heavy atom. The zero-order valence-corrected chi connectivity index (χ0v) is 32.1. The van der Waals surface area contributed by atoms with Crippen molar-refractivity contribution in [3.63, 3.8) is 0 Å². The van der Waals surface area contributed by atoms with E-state index in [1.165, 1.54) is 50.3 Å². The molecule has 2 aromatic heterocycles. The predicted octanol–water partition coefficient (Wildman–Crippen LogP) is 5.20. The van der Waals surface area contributed by atoms with Crippen molar-refractivity contribution in [2.45, 2.75) is 36.1 Å². The van der Waals surface area contributed by atoms with Crippen molar-refractivity contribution in [1.82, 2.24) is 29.9 Å². The monoisotopic (exact) mass is 828 g/mol. The molecular weight excluding hydrogens is 793 g/mol. The van der Waals surface area contributed by atoms with Crippen LogP contribution in [-0.4, -0.2) is 78.5 Å². The zero-order chi connectivity index (χ0) is 41.5. The molecule has 0 aliphatic heterocycles. The van der Waals surface area contributed by atoms with Crippen LogP contribution in [0.5, 0.6) is 0 Å². The normalized spacial score (nSPS) is 12.7. The molecule has 0 saturated carbocycles. The van der Waals surface area contributed by atoms with Gasteiger partial charge in [-0.1, -0.05) is 60.7 Å². The summed E-state index contributed by atoms with van der Waals surface area (Å²) in [5.41, 5.74) is 1.48. The van der Waals surface area contributed by atoms with Crippen LogP contribution in [0.15, 0.2) is 107 Å². The van der Waals surface area contributed by atoms with Gasteiger partial charge in [-0.25, -0.2) is 0 Å². The highest BCUT2D eigenvalue weighted by atomic mass is 32.2. The number of para-hydroxylation sites is 2. The second-order valence-electron chi connectivity index (χ2n) is 12.3. The largest absolute Gasteiger partial charge is 0.374 e. The minimum Gasteiger partial charge on any atom is -0.374 e. The van der Waals surface area contributed by atoms with Crippen LogP contribution in [-0.2, 0) is 20.2 Å². The van der Waals surface area contributed by atoms with Crippen molar-refractivity contribution in [1.29, 1.82) is 0 Å². The lowest BCUT2D eigenvalue weighted by Gasteiger charge is -2.14. The van der Waals surface area contributed by atoms with Crippen molar-refractivity contribution in [3.05, 3.63) is 108 Å². The molecular formula is C36H36N12O8S2. The SMILES string of the molecule is CC(O)Nc1nc(Nc2ccccc2)nc(Nc2ccc(C=Cc3ccc(Nc4nc(Nc5ccccc5)nc(NC(C)O)n4)cc3S(=O)(=O)O)c(S(=O)(=O)O)c2)n1. The number of hydrogen-bond acceptors (Lipinski definition) is 18. The van der Waals surface area contributed by atoms with Gasteiger partial charge >= 0.3 is 0 Å². The van der Waals surface area contributed by atoms with Crippen LogP contribution in [0.4, 0.5) is 58.4 Å². The maximum absolute atomic E-state index is 12.6. The van der Waals surface area contributed by atoms with E-state index in [-0.39, 0.29) is 58.2 Å². The summed E-state index contributed by atoms with van der Waals surface area (Å²) in [6.07, 6.45) is 0.427. The summed E-state index contributed by atoms with van der Waals surface area (Å²) < 4.78 is 70.7. The third-order valence-electron chi connectivity index (χ3n) is 7.54. The maximum Gasteiger partial charge on any atom is 0.295 e. The van der Waals surface area contributed by atoms with E-state index in [0.717, 1.165) is 12.1 Å². The Hall–Kier alpha value is -6.82. The molecule has 2 heterocycles.